The number of carboxylic acids is 1. The molecule has 1 aliphatic rings. The lowest BCUT2D eigenvalue weighted by Gasteiger charge is -2.30. The molecule has 44 heteroatoms. The minimum Gasteiger partial charge on any atom is -0.508 e. The number of carbonyl (C=O) groups excluding carboxylic acids is 15. The quantitative estimate of drug-likeness (QED) is 0.0127. The first-order valence-electron chi connectivity index (χ1n) is 31.5. The number of aliphatic hydroxyl groups excluding tert-OH is 1. The Bertz CT molecular complexity index is 3300. The van der Waals surface area contributed by atoms with Crippen molar-refractivity contribution >= 4 is 151 Å². The molecule has 1 aromatic heterocycles. The van der Waals surface area contributed by atoms with Crippen LogP contribution in [0.4, 0.5) is 0 Å². The molecule has 40 nitrogen and oxygen atoms in total. The Labute approximate surface area is 605 Å². The summed E-state index contributed by atoms with van der Waals surface area (Å²) in [5, 5.41) is 57.8. The molecule has 1 fully saturated rings. The van der Waals surface area contributed by atoms with Gasteiger partial charge in [0.05, 0.1) is 26.0 Å². The second-order valence-electron chi connectivity index (χ2n) is 22.9. The number of phenols is 1. The maximum atomic E-state index is 14.5. The number of rotatable bonds is 45. The topological polar surface area (TPSA) is 653 Å². The molecule has 0 radical (unpaired) electrons. The molecule has 564 valence electrons. The summed E-state index contributed by atoms with van der Waals surface area (Å²) in [6, 6.07) is -12.7. The summed E-state index contributed by atoms with van der Waals surface area (Å²) in [5.41, 5.74) is 27.6. The van der Waals surface area contributed by atoms with E-state index >= 15 is 0 Å². The fourth-order valence-electron chi connectivity index (χ4n) is 9.61. The molecule has 0 saturated carbocycles. The molecule has 0 bridgehead atoms. The normalized spacial score (nSPS) is 15.6. The zero-order chi connectivity index (χ0) is 76.3. The molecular formula is C58H89N21O19S4. The Morgan fingerprint density at radius 2 is 1.04 bits per heavy atom. The molecule has 26 N–H and O–H groups in total. The van der Waals surface area contributed by atoms with Crippen molar-refractivity contribution in [2.75, 3.05) is 55.8 Å². The lowest BCUT2D eigenvalue weighted by molar-refractivity contribution is -0.142. The molecule has 3 rings (SSSR count). The molecular weight excluding hydrogens is 1420 g/mol. The van der Waals surface area contributed by atoms with Crippen LogP contribution < -0.4 is 92.5 Å². The summed E-state index contributed by atoms with van der Waals surface area (Å²) in [4.78, 5) is 224. The number of aromatic hydroxyl groups is 1. The number of imidazole rings is 1. The maximum absolute atomic E-state index is 14.5. The first-order valence-corrected chi connectivity index (χ1v) is 34.1. The van der Waals surface area contributed by atoms with Gasteiger partial charge in [-0.2, -0.15) is 50.5 Å². The number of nitrogens with two attached hydrogens (primary N) is 5. The smallest absolute Gasteiger partial charge is 0.327 e. The number of hydrogen-bond acceptors (Lipinski definition) is 25. The summed E-state index contributed by atoms with van der Waals surface area (Å²) in [6.45, 7) is -1.03. The Morgan fingerprint density at radius 1 is 0.578 bits per heavy atom. The maximum Gasteiger partial charge on any atom is 0.327 e. The molecule has 0 aliphatic carbocycles. The number of aliphatic imine (C=N–C) groups is 1. The van der Waals surface area contributed by atoms with E-state index in [9.17, 15) is 92.0 Å². The van der Waals surface area contributed by atoms with Gasteiger partial charge in [0.25, 0.3) is 0 Å². The van der Waals surface area contributed by atoms with Crippen molar-refractivity contribution in [3.05, 3.63) is 48.0 Å². The number of nitrogens with zero attached hydrogens (tertiary/aromatic N) is 3. The Kier molecular flexibility index (Phi) is 37.8. The van der Waals surface area contributed by atoms with Gasteiger partial charge in [-0.1, -0.05) is 12.1 Å². The molecule has 2 heterocycles. The minimum atomic E-state index is -1.78. The largest absolute Gasteiger partial charge is 0.508 e. The number of likely N-dealkylation sites (tertiary alicyclic amines) is 1. The number of nitrogens with one attached hydrogen (secondary N) is 13. The number of primary amides is 2. The highest BCUT2D eigenvalue weighted by molar-refractivity contribution is 7.80. The number of amides is 15. The number of phenolic OH excluding ortho intramolecular Hbond substituents is 1. The monoisotopic (exact) mass is 1510 g/mol. The predicted octanol–water partition coefficient (Wildman–Crippen LogP) is -10.3. The number of aromatic nitrogens is 2. The van der Waals surface area contributed by atoms with Gasteiger partial charge in [-0.05, 0) is 63.1 Å². The second kappa shape index (κ2) is 44.6. The number of carbonyl (C=O) groups is 16. The molecule has 0 spiro atoms. The molecule has 12 atom stereocenters. The number of H-pyrrole nitrogens is 1. The van der Waals surface area contributed by atoms with Crippen LogP contribution in [0.25, 0.3) is 0 Å². The van der Waals surface area contributed by atoms with Gasteiger partial charge < -0.3 is 118 Å². The van der Waals surface area contributed by atoms with Crippen LogP contribution in [0.3, 0.4) is 0 Å². The van der Waals surface area contributed by atoms with E-state index in [1.807, 2.05) is 0 Å². The van der Waals surface area contributed by atoms with E-state index in [2.05, 4.69) is 129 Å². The summed E-state index contributed by atoms with van der Waals surface area (Å²) in [7, 11) is 0. The number of carboxylic acid groups (broad SMARTS) is 1. The summed E-state index contributed by atoms with van der Waals surface area (Å²) >= 11 is 16.5. The van der Waals surface area contributed by atoms with E-state index in [0.29, 0.717) is 11.3 Å². The number of guanidine groups is 1. The van der Waals surface area contributed by atoms with Crippen LogP contribution in [0.5, 0.6) is 5.75 Å². The van der Waals surface area contributed by atoms with E-state index < -0.39 is 218 Å². The van der Waals surface area contributed by atoms with Gasteiger partial charge in [0.15, 0.2) is 5.96 Å². The van der Waals surface area contributed by atoms with E-state index in [-0.39, 0.29) is 80.6 Å². The highest BCUT2D eigenvalue weighted by Gasteiger charge is 2.41. The highest BCUT2D eigenvalue weighted by atomic mass is 32.1. The fourth-order valence-corrected chi connectivity index (χ4v) is 10.6. The van der Waals surface area contributed by atoms with Gasteiger partial charge in [-0.15, -0.1) is 0 Å². The van der Waals surface area contributed by atoms with Crippen LogP contribution in [0.2, 0.25) is 0 Å². The Hall–Kier alpha value is -9.66. The number of benzene rings is 1. The third-order valence-electron chi connectivity index (χ3n) is 15.1. The Morgan fingerprint density at radius 3 is 1.55 bits per heavy atom. The zero-order valence-corrected chi connectivity index (χ0v) is 58.8. The van der Waals surface area contributed by atoms with Crippen LogP contribution in [0, 0.1) is 0 Å². The molecule has 1 aliphatic heterocycles. The van der Waals surface area contributed by atoms with Crippen LogP contribution in [0.15, 0.2) is 41.8 Å². The van der Waals surface area contributed by atoms with Crippen molar-refractivity contribution in [1.82, 2.24) is 78.7 Å². The number of aliphatic hydroxyl groups is 1. The van der Waals surface area contributed by atoms with Gasteiger partial charge in [0, 0.05) is 73.7 Å². The molecule has 2 aromatic rings. The molecule has 1 aromatic carbocycles. The summed E-state index contributed by atoms with van der Waals surface area (Å²) in [6.07, 6.45) is 0.630. The summed E-state index contributed by atoms with van der Waals surface area (Å²) in [5.74, 6) is -17.6. The van der Waals surface area contributed by atoms with Crippen molar-refractivity contribution in [2.24, 2.45) is 33.7 Å². The number of thiol groups is 4. The SMILES string of the molecule is C[C@H](NC(=O)[C@@H]1CCCN1C(=O)[C@H](Cc1cnc[nH]1)NC(=O)[C@H](CS)NC(=O)[C@H](CS)NC(=O)[C@H](CCCN=C(N)N)NC(=O)CN)C(=O)N[C@@H](CS)C(=O)NCC(=O)N[C@@H](CCC(N)=O)C(=O)N[C@@H](CCC(N)=O)C(=O)N[C@@H](Cc1ccc(O)cc1)C(=O)N[C@@H](CO)C(=O)N[C@@H](CS)C(=O)O. The first-order chi connectivity index (χ1) is 48.3. The van der Waals surface area contributed by atoms with Crippen LogP contribution in [-0.4, -0.2) is 259 Å². The van der Waals surface area contributed by atoms with Gasteiger partial charge in [-0.25, -0.2) is 9.78 Å². The van der Waals surface area contributed by atoms with Crippen molar-refractivity contribution in [2.45, 2.75) is 144 Å². The van der Waals surface area contributed by atoms with Crippen molar-refractivity contribution in [3.8, 4) is 5.75 Å². The lowest BCUT2D eigenvalue weighted by Crippen LogP contribution is -2.60. The van der Waals surface area contributed by atoms with Gasteiger partial charge in [0.1, 0.15) is 78.3 Å². The lowest BCUT2D eigenvalue weighted by atomic mass is 10.0. The minimum absolute atomic E-state index is 0.00761. The average molecular weight is 1510 g/mol. The second-order valence-corrected chi connectivity index (χ2v) is 24.4. The molecule has 102 heavy (non-hydrogen) atoms. The molecule has 0 unspecified atom stereocenters. The standard InChI is InChI=1S/C58H89N21O19S4/c1-27(68-55(95)41-5-3-15-79(41)56(96)35(17-29-19-64-26-67-29)73-53(93)38(23-100)77-54(94)39(24-101)76-48(88)31(69-44(84)18-59)4-2-14-65-58(62)63)46(86)75-37(22-99)47(87)66-20-45(85)70-32(10-12-42(60)82)49(89)71-33(11-13-43(61)83)50(90)72-34(16-28-6-8-30(81)9-7-28)51(91)74-36(21-80)52(92)78-40(25-102)57(97)98/h6-9,19,26-27,31-41,80-81,99-102H,2-5,10-18,20-25,59H2,1H3,(H2,60,82)(H2,61,83)(H,64,67)(H,66,87)(H,68,95)(H,69,84)(H,70,85)(H,71,89)(H,72,90)(H,73,93)(H,74,91)(H,75,86)(H,76,88)(H,77,94)(H,78,92)(H,97,98)(H4,62,63,65)/t27-,31-,32-,33-,34-,35-,36-,37-,38-,39-,40-,41-/m0/s1. The predicted molar refractivity (Wildman–Crippen MR) is 375 cm³/mol. The van der Waals surface area contributed by atoms with E-state index in [4.69, 9.17) is 28.7 Å². The molecule has 15 amide bonds. The fraction of sp³-hybridized carbons (Fsp3) is 0.552. The summed E-state index contributed by atoms with van der Waals surface area (Å²) < 4.78 is 0. The van der Waals surface area contributed by atoms with Gasteiger partial charge in [0.2, 0.25) is 88.6 Å². The zero-order valence-electron chi connectivity index (χ0n) is 55.2. The first kappa shape index (κ1) is 86.6. The number of hydrogen-bond donors (Lipinski definition) is 25. The number of aromatic amines is 1. The van der Waals surface area contributed by atoms with E-state index in [1.165, 1.54) is 48.6 Å². The Balaban J connectivity index is 1.72. The van der Waals surface area contributed by atoms with Crippen molar-refractivity contribution in [1.29, 1.82) is 0 Å². The van der Waals surface area contributed by atoms with Gasteiger partial charge >= 0.3 is 5.97 Å². The van der Waals surface area contributed by atoms with E-state index in [0.717, 1.165) is 0 Å². The van der Waals surface area contributed by atoms with Crippen molar-refractivity contribution < 1.29 is 92.0 Å². The van der Waals surface area contributed by atoms with Crippen LogP contribution >= 0.6 is 50.5 Å². The van der Waals surface area contributed by atoms with E-state index in [1.54, 1.807) is 0 Å². The molecule has 1 saturated heterocycles. The average Bonchev–Trinajstić information content (AvgIpc) is 1.62. The number of aliphatic carboxylic acids is 1. The third-order valence-corrected chi connectivity index (χ3v) is 16.6. The highest BCUT2D eigenvalue weighted by Crippen LogP contribution is 2.21. The van der Waals surface area contributed by atoms with Gasteiger partial charge in [-0.3, -0.25) is 76.9 Å². The van der Waals surface area contributed by atoms with Crippen molar-refractivity contribution in [3.63, 3.8) is 0 Å². The third kappa shape index (κ3) is 29.9. The van der Waals surface area contributed by atoms with Crippen LogP contribution in [0.1, 0.15) is 69.5 Å². The van der Waals surface area contributed by atoms with Crippen LogP contribution in [-0.2, 0) is 89.6 Å².